The Morgan fingerprint density at radius 1 is 1.29 bits per heavy atom. The molecule has 0 radical (unpaired) electrons. The van der Waals surface area contributed by atoms with E-state index in [0.717, 1.165) is 41.3 Å². The quantitative estimate of drug-likeness (QED) is 0.448. The number of hydrogen-bond donors (Lipinski definition) is 3. The molecule has 2 heterocycles. The number of ether oxygens (including phenoxy) is 2. The average Bonchev–Trinajstić information content (AvgIpc) is 3.23. The second kappa shape index (κ2) is 12.3. The van der Waals surface area contributed by atoms with Gasteiger partial charge in [0.05, 0.1) is 15.9 Å². The summed E-state index contributed by atoms with van der Waals surface area (Å²) >= 11 is 4.98. The van der Waals surface area contributed by atoms with E-state index in [1.807, 2.05) is 44.5 Å². The summed E-state index contributed by atoms with van der Waals surface area (Å²) in [5.41, 5.74) is 1.05. The average molecular weight is 530 g/mol. The van der Waals surface area contributed by atoms with E-state index in [0.29, 0.717) is 10.5 Å². The van der Waals surface area contributed by atoms with Crippen molar-refractivity contribution in [2.45, 2.75) is 83.4 Å². The Morgan fingerprint density at radius 2 is 2.00 bits per heavy atom. The molecule has 34 heavy (non-hydrogen) atoms. The van der Waals surface area contributed by atoms with Gasteiger partial charge in [0.25, 0.3) is 0 Å². The molecule has 190 valence electrons. The van der Waals surface area contributed by atoms with Crippen LogP contribution in [0.25, 0.3) is 10.4 Å². The summed E-state index contributed by atoms with van der Waals surface area (Å²) in [5, 5.41) is 0.924. The third-order valence-electron chi connectivity index (χ3n) is 4.55. The van der Waals surface area contributed by atoms with Gasteiger partial charge in [0, 0.05) is 23.9 Å². The Hall–Kier alpha value is -1.66. The van der Waals surface area contributed by atoms with Crippen LogP contribution in [0, 0.1) is 6.92 Å². The zero-order valence-corrected chi connectivity index (χ0v) is 23.1. The number of hydrogen-bond acceptors (Lipinski definition) is 8. The van der Waals surface area contributed by atoms with Crippen molar-refractivity contribution < 1.29 is 22.7 Å². The molecule has 1 atom stereocenters. The van der Waals surface area contributed by atoms with E-state index < -0.39 is 21.7 Å². The van der Waals surface area contributed by atoms with Crippen LogP contribution >= 0.6 is 24.2 Å². The van der Waals surface area contributed by atoms with Crippen molar-refractivity contribution >= 4 is 40.3 Å². The van der Waals surface area contributed by atoms with E-state index in [4.69, 9.17) is 4.74 Å². The lowest BCUT2D eigenvalue weighted by Crippen LogP contribution is -2.40. The summed E-state index contributed by atoms with van der Waals surface area (Å²) in [6, 6.07) is 5.52. The molecule has 1 aromatic heterocycles. The van der Waals surface area contributed by atoms with Gasteiger partial charge in [-0.3, -0.25) is 4.72 Å². The first-order chi connectivity index (χ1) is 15.8. The van der Waals surface area contributed by atoms with Gasteiger partial charge in [-0.25, -0.2) is 22.9 Å². The molecule has 1 amide bonds. The van der Waals surface area contributed by atoms with Crippen LogP contribution in [0.4, 0.5) is 4.79 Å². The minimum atomic E-state index is -3.64. The monoisotopic (exact) mass is 529 g/mol. The maximum Gasteiger partial charge on any atom is 0.417 e. The van der Waals surface area contributed by atoms with Crippen LogP contribution in [0.5, 0.6) is 0 Å². The predicted molar refractivity (Wildman–Crippen MR) is 139 cm³/mol. The van der Waals surface area contributed by atoms with Gasteiger partial charge in [-0.05, 0) is 72.4 Å². The molecular weight excluding hydrogens is 494 g/mol. The van der Waals surface area contributed by atoms with Gasteiger partial charge >= 0.3 is 6.09 Å². The zero-order chi connectivity index (χ0) is 25.5. The van der Waals surface area contributed by atoms with E-state index in [-0.39, 0.29) is 12.2 Å². The van der Waals surface area contributed by atoms with Crippen molar-refractivity contribution in [2.24, 2.45) is 0 Å². The molecule has 11 heteroatoms. The first-order valence-corrected chi connectivity index (χ1v) is 13.9. The van der Waals surface area contributed by atoms with E-state index in [2.05, 4.69) is 27.3 Å². The number of benzene rings is 1. The molecule has 1 saturated heterocycles. The molecule has 1 aliphatic heterocycles. The molecule has 1 unspecified atom stereocenters. The number of aromatic nitrogens is 1. The fourth-order valence-electron chi connectivity index (χ4n) is 3.25. The van der Waals surface area contributed by atoms with Crippen LogP contribution in [-0.2, 0) is 19.5 Å². The van der Waals surface area contributed by atoms with Gasteiger partial charge in [-0.15, -0.1) is 11.3 Å². The van der Waals surface area contributed by atoms with Crippen molar-refractivity contribution in [3.05, 3.63) is 35.0 Å². The van der Waals surface area contributed by atoms with Crippen LogP contribution in [0.1, 0.15) is 70.6 Å². The normalized spacial score (nSPS) is 16.5. The fraction of sp³-hybridized carbons (Fsp3) is 0.565. The van der Waals surface area contributed by atoms with E-state index >= 15 is 0 Å². The van der Waals surface area contributed by atoms with E-state index in [9.17, 15) is 13.2 Å². The molecule has 8 nitrogen and oxygen atoms in total. The lowest BCUT2D eigenvalue weighted by atomic mass is 10.1. The lowest BCUT2D eigenvalue weighted by molar-refractivity contribution is 0.0148. The van der Waals surface area contributed by atoms with Gasteiger partial charge in [0.1, 0.15) is 11.1 Å². The number of carbonyl (C=O) groups is 1. The molecule has 0 bridgehead atoms. The number of rotatable bonds is 5. The lowest BCUT2D eigenvalue weighted by Gasteiger charge is -2.21. The predicted octanol–water partition coefficient (Wildman–Crippen LogP) is 5.40. The molecule has 2 N–H and O–H groups in total. The molecule has 0 aliphatic carbocycles. The summed E-state index contributed by atoms with van der Waals surface area (Å²) in [7, 11) is -3.64. The largest absolute Gasteiger partial charge is 0.446 e. The summed E-state index contributed by atoms with van der Waals surface area (Å²) < 4.78 is 41.1. The third kappa shape index (κ3) is 8.84. The van der Waals surface area contributed by atoms with Crippen molar-refractivity contribution in [3.8, 4) is 10.4 Å². The summed E-state index contributed by atoms with van der Waals surface area (Å²) in [5.74, 6) is 0. The van der Waals surface area contributed by atoms with Crippen LogP contribution < -0.4 is 9.44 Å². The van der Waals surface area contributed by atoms with Crippen LogP contribution in [-0.4, -0.2) is 37.7 Å². The molecule has 0 saturated carbocycles. The smallest absolute Gasteiger partial charge is 0.417 e. The highest BCUT2D eigenvalue weighted by molar-refractivity contribution is 7.89. The number of aryl methyl sites for hydroxylation is 1. The fourth-order valence-corrected chi connectivity index (χ4v) is 6.13. The number of sulfonamides is 1. The van der Waals surface area contributed by atoms with Crippen LogP contribution in [0.3, 0.4) is 0 Å². The Labute approximate surface area is 212 Å². The van der Waals surface area contributed by atoms with Crippen molar-refractivity contribution in [1.82, 2.24) is 14.4 Å². The Balaban J connectivity index is 0.000000440. The van der Waals surface area contributed by atoms with Gasteiger partial charge in [-0.2, -0.15) is 0 Å². The second-order valence-electron chi connectivity index (χ2n) is 9.34. The Bertz CT molecular complexity index is 1060. The number of carbonyl (C=O) groups excluding carboxylic acids is 1. The standard InChI is InChI=1S/C19H26N2O3S2.C4H9NO2S/c1-13-8-9-14(17(11-13)26(22,23)21-19(2,3)4)16-12-20-18(25-16)15-7-5-6-10-24-15;1-3(2)7-4(6)5-8/h8-9,11-12,15,21H,5-7,10H2,1-4H3;3,8H,1-2H3,(H,5,6). The second-order valence-corrected chi connectivity index (χ2v) is 12.3. The van der Waals surface area contributed by atoms with Gasteiger partial charge in [0.2, 0.25) is 10.0 Å². The zero-order valence-electron chi connectivity index (χ0n) is 20.5. The van der Waals surface area contributed by atoms with E-state index in [1.165, 1.54) is 11.3 Å². The van der Waals surface area contributed by atoms with Crippen molar-refractivity contribution in [1.29, 1.82) is 0 Å². The number of nitrogens with zero attached hydrogens (tertiary/aromatic N) is 1. The van der Waals surface area contributed by atoms with Crippen molar-refractivity contribution in [2.75, 3.05) is 6.61 Å². The number of thiol groups is 1. The highest BCUT2D eigenvalue weighted by Crippen LogP contribution is 2.37. The molecule has 0 spiro atoms. The summed E-state index contributed by atoms with van der Waals surface area (Å²) in [6.07, 6.45) is 4.40. The molecular formula is C23H35N3O5S3. The van der Waals surface area contributed by atoms with Crippen LogP contribution in [0.2, 0.25) is 0 Å². The first kappa shape index (κ1) is 28.6. The van der Waals surface area contributed by atoms with Crippen molar-refractivity contribution in [3.63, 3.8) is 0 Å². The Kier molecular flexibility index (Phi) is 10.4. The summed E-state index contributed by atoms with van der Waals surface area (Å²) in [4.78, 5) is 15.9. The van der Waals surface area contributed by atoms with Crippen LogP contribution in [0.15, 0.2) is 29.3 Å². The molecule has 1 fully saturated rings. The third-order valence-corrected chi connectivity index (χ3v) is 7.65. The first-order valence-electron chi connectivity index (χ1n) is 11.2. The maximum absolute atomic E-state index is 13.0. The maximum atomic E-state index is 13.0. The van der Waals surface area contributed by atoms with Gasteiger partial charge < -0.3 is 9.47 Å². The SMILES string of the molecule is CC(C)OC(=O)NS.Cc1ccc(-c2cnc(C3CCCCO3)s2)c(S(=O)(=O)NC(C)(C)C)c1. The summed E-state index contributed by atoms with van der Waals surface area (Å²) in [6.45, 7) is 11.7. The highest BCUT2D eigenvalue weighted by atomic mass is 32.2. The number of nitrogens with one attached hydrogen (secondary N) is 2. The topological polar surface area (TPSA) is 107 Å². The number of thiazole rings is 1. The number of amides is 1. The molecule has 2 aromatic rings. The molecule has 1 aromatic carbocycles. The highest BCUT2D eigenvalue weighted by Gasteiger charge is 2.27. The van der Waals surface area contributed by atoms with Gasteiger partial charge in [-0.1, -0.05) is 24.9 Å². The Morgan fingerprint density at radius 3 is 2.53 bits per heavy atom. The molecule has 3 rings (SSSR count). The minimum absolute atomic E-state index is 0.0284. The van der Waals surface area contributed by atoms with Gasteiger partial charge in [0.15, 0.2) is 0 Å². The minimum Gasteiger partial charge on any atom is -0.446 e. The molecule has 1 aliphatic rings. The van der Waals surface area contributed by atoms with E-state index in [1.54, 1.807) is 26.1 Å².